The van der Waals surface area contributed by atoms with Crippen LogP contribution < -0.4 is 0 Å². The number of halogens is 1. The molecule has 0 bridgehead atoms. The molecule has 4 rings (SSSR count). The Bertz CT molecular complexity index is 1160. The van der Waals surface area contributed by atoms with Crippen molar-refractivity contribution in [1.82, 2.24) is 0 Å². The highest BCUT2D eigenvalue weighted by Gasteiger charge is 2.59. The Morgan fingerprint density at radius 1 is 0.833 bits per heavy atom. The van der Waals surface area contributed by atoms with Crippen molar-refractivity contribution < 1.29 is 19.1 Å². The van der Waals surface area contributed by atoms with Crippen LogP contribution in [0.15, 0.2) is 66.7 Å². The van der Waals surface area contributed by atoms with E-state index >= 15 is 0 Å². The van der Waals surface area contributed by atoms with Crippen molar-refractivity contribution in [2.24, 2.45) is 0 Å². The van der Waals surface area contributed by atoms with Gasteiger partial charge >= 0.3 is 11.9 Å². The summed E-state index contributed by atoms with van der Waals surface area (Å²) in [6.07, 6.45) is 0. The van der Waals surface area contributed by atoms with Crippen LogP contribution in [0, 0.1) is 0 Å². The lowest BCUT2D eigenvalue weighted by Gasteiger charge is -2.29. The maximum atomic E-state index is 13.5. The molecule has 0 fully saturated rings. The summed E-state index contributed by atoms with van der Waals surface area (Å²) in [4.78, 5) is 27.0. The van der Waals surface area contributed by atoms with Crippen LogP contribution in [0.5, 0.6) is 0 Å². The first-order valence-corrected chi connectivity index (χ1v) is 11.0. The van der Waals surface area contributed by atoms with Gasteiger partial charge < -0.3 is 9.47 Å². The second-order valence-electron chi connectivity index (χ2n) is 6.99. The van der Waals surface area contributed by atoms with E-state index in [1.807, 2.05) is 66.7 Å². The summed E-state index contributed by atoms with van der Waals surface area (Å²) in [7, 11) is 0. The Hall–Kier alpha value is -2.67. The van der Waals surface area contributed by atoms with Crippen LogP contribution in [0.25, 0.3) is 19.9 Å². The van der Waals surface area contributed by atoms with Crippen LogP contribution in [-0.4, -0.2) is 25.2 Å². The van der Waals surface area contributed by atoms with E-state index in [0.29, 0.717) is 11.1 Å². The van der Waals surface area contributed by atoms with Crippen LogP contribution in [-0.2, 0) is 24.5 Å². The number of rotatable bonds is 5. The van der Waals surface area contributed by atoms with Gasteiger partial charge in [0.15, 0.2) is 0 Å². The van der Waals surface area contributed by atoms with Crippen LogP contribution >= 0.6 is 22.6 Å². The zero-order valence-corrected chi connectivity index (χ0v) is 18.9. The minimum Gasteiger partial charge on any atom is -0.465 e. The van der Waals surface area contributed by atoms with E-state index in [-0.39, 0.29) is 13.2 Å². The fourth-order valence-electron chi connectivity index (χ4n) is 4.11. The van der Waals surface area contributed by atoms with Gasteiger partial charge in [-0.1, -0.05) is 60.7 Å². The Labute approximate surface area is 189 Å². The Balaban J connectivity index is 2.05. The number of ether oxygens (including phenoxy) is 2. The summed E-state index contributed by atoms with van der Waals surface area (Å²) in [5.74, 6) is -1.21. The molecule has 0 atom stereocenters. The van der Waals surface area contributed by atoms with Crippen molar-refractivity contribution in [2.75, 3.05) is 13.2 Å². The SMILES string of the molecule is CCOC(=O)C1(C(=O)OCC)C(c2ccc3ccccc3c2)=C(I)c2ccccc21. The molecule has 1 aliphatic rings. The fraction of sp³-hybridized carbons (Fsp3) is 0.200. The number of carbonyl (C=O) groups excluding carboxylic acids is 2. The molecule has 5 heteroatoms. The van der Waals surface area contributed by atoms with Gasteiger partial charge in [0.05, 0.1) is 13.2 Å². The van der Waals surface area contributed by atoms with Crippen LogP contribution in [0.2, 0.25) is 0 Å². The van der Waals surface area contributed by atoms with Crippen LogP contribution in [0.1, 0.15) is 30.5 Å². The minimum atomic E-state index is -1.65. The molecule has 0 N–H and O–H groups in total. The molecule has 0 radical (unpaired) electrons. The summed E-state index contributed by atoms with van der Waals surface area (Å²) in [5.41, 5.74) is 1.22. The minimum absolute atomic E-state index is 0.170. The molecule has 3 aromatic rings. The molecule has 0 saturated carbocycles. The van der Waals surface area contributed by atoms with Gasteiger partial charge in [-0.2, -0.15) is 0 Å². The number of hydrogen-bond donors (Lipinski definition) is 0. The number of carbonyl (C=O) groups is 2. The van der Waals surface area contributed by atoms with Crippen molar-refractivity contribution in [1.29, 1.82) is 0 Å². The molecule has 0 aliphatic heterocycles. The quantitative estimate of drug-likeness (QED) is 0.257. The molecule has 0 amide bonds. The summed E-state index contributed by atoms with van der Waals surface area (Å²) in [6, 6.07) is 21.5. The number of esters is 2. The molecule has 1 aliphatic carbocycles. The second-order valence-corrected chi connectivity index (χ2v) is 8.07. The average molecular weight is 512 g/mol. The van der Waals surface area contributed by atoms with Gasteiger partial charge in [0, 0.05) is 9.15 Å². The normalized spacial score (nSPS) is 14.5. The first kappa shape index (κ1) is 20.6. The topological polar surface area (TPSA) is 52.6 Å². The van der Waals surface area contributed by atoms with Gasteiger partial charge in [0.25, 0.3) is 0 Å². The monoisotopic (exact) mass is 512 g/mol. The standard InChI is InChI=1S/C25H21IO4/c1-3-29-23(27)25(24(28)30-4-2)20-12-8-7-11-19(20)22(26)21(25)18-14-13-16-9-5-6-10-17(16)15-18/h5-15H,3-4H2,1-2H3. The summed E-state index contributed by atoms with van der Waals surface area (Å²) >= 11 is 2.23. The van der Waals surface area contributed by atoms with E-state index in [1.165, 1.54) is 0 Å². The lowest BCUT2D eigenvalue weighted by Crippen LogP contribution is -2.46. The van der Waals surface area contributed by atoms with Crippen LogP contribution in [0.4, 0.5) is 0 Å². The Kier molecular flexibility index (Phi) is 5.64. The van der Waals surface area contributed by atoms with Gasteiger partial charge in [-0.3, -0.25) is 9.59 Å². The molecule has 0 unspecified atom stereocenters. The van der Waals surface area contributed by atoms with E-state index < -0.39 is 17.4 Å². The van der Waals surface area contributed by atoms with Gasteiger partial charge in [-0.05, 0) is 70.0 Å². The first-order valence-electron chi connectivity index (χ1n) is 9.89. The molecule has 3 aromatic carbocycles. The highest BCUT2D eigenvalue weighted by Crippen LogP contribution is 2.55. The Morgan fingerprint density at radius 3 is 2.10 bits per heavy atom. The largest absolute Gasteiger partial charge is 0.465 e. The highest BCUT2D eigenvalue weighted by molar-refractivity contribution is 14.1. The zero-order valence-electron chi connectivity index (χ0n) is 16.8. The molecular formula is C25H21IO4. The second kappa shape index (κ2) is 8.22. The maximum Gasteiger partial charge on any atom is 0.332 e. The number of benzene rings is 3. The molecule has 0 heterocycles. The molecule has 152 valence electrons. The molecule has 0 aromatic heterocycles. The third-order valence-electron chi connectivity index (χ3n) is 5.36. The van der Waals surface area contributed by atoms with E-state index in [1.54, 1.807) is 13.8 Å². The molecule has 4 nitrogen and oxygen atoms in total. The van der Waals surface area contributed by atoms with Crippen molar-refractivity contribution in [3.05, 3.63) is 83.4 Å². The zero-order chi connectivity index (χ0) is 21.3. The van der Waals surface area contributed by atoms with Crippen molar-refractivity contribution in [3.8, 4) is 0 Å². The lowest BCUT2D eigenvalue weighted by molar-refractivity contribution is -0.161. The number of fused-ring (bicyclic) bond motifs is 2. The Morgan fingerprint density at radius 2 is 1.43 bits per heavy atom. The van der Waals surface area contributed by atoms with Crippen LogP contribution in [0.3, 0.4) is 0 Å². The van der Waals surface area contributed by atoms with Gasteiger partial charge in [-0.25, -0.2) is 0 Å². The fourth-order valence-corrected chi connectivity index (χ4v) is 5.30. The third kappa shape index (κ3) is 3.03. The predicted octanol–water partition coefficient (Wildman–Crippen LogP) is 5.52. The smallest absolute Gasteiger partial charge is 0.332 e. The number of hydrogen-bond acceptors (Lipinski definition) is 4. The third-order valence-corrected chi connectivity index (χ3v) is 6.48. The highest BCUT2D eigenvalue weighted by atomic mass is 127. The maximum absolute atomic E-state index is 13.5. The van der Waals surface area contributed by atoms with E-state index in [2.05, 4.69) is 22.6 Å². The average Bonchev–Trinajstić information content (AvgIpc) is 3.03. The van der Waals surface area contributed by atoms with Gasteiger partial charge in [0.1, 0.15) is 0 Å². The van der Waals surface area contributed by atoms with E-state index in [0.717, 1.165) is 25.5 Å². The molecular weight excluding hydrogens is 491 g/mol. The van der Waals surface area contributed by atoms with Gasteiger partial charge in [0.2, 0.25) is 5.41 Å². The van der Waals surface area contributed by atoms with E-state index in [9.17, 15) is 9.59 Å². The predicted molar refractivity (Wildman–Crippen MR) is 126 cm³/mol. The first-order chi connectivity index (χ1) is 14.6. The van der Waals surface area contributed by atoms with Gasteiger partial charge in [-0.15, -0.1) is 0 Å². The molecule has 0 saturated heterocycles. The van der Waals surface area contributed by atoms with Crippen molar-refractivity contribution in [2.45, 2.75) is 19.3 Å². The summed E-state index contributed by atoms with van der Waals surface area (Å²) in [6.45, 7) is 3.82. The van der Waals surface area contributed by atoms with Crippen molar-refractivity contribution >= 4 is 54.5 Å². The summed E-state index contributed by atoms with van der Waals surface area (Å²) < 4.78 is 11.8. The molecule has 30 heavy (non-hydrogen) atoms. The molecule has 0 spiro atoms. The van der Waals surface area contributed by atoms with Crippen molar-refractivity contribution in [3.63, 3.8) is 0 Å². The lowest BCUT2D eigenvalue weighted by atomic mass is 9.74. The van der Waals surface area contributed by atoms with E-state index in [4.69, 9.17) is 9.47 Å². The summed E-state index contributed by atoms with van der Waals surface area (Å²) in [5, 5.41) is 2.12.